The Balaban J connectivity index is 1.54. The Bertz CT molecular complexity index is 634. The number of likely N-dealkylation sites (tertiary alicyclic amines) is 1. The number of halogens is 1. The Labute approximate surface area is 153 Å². The van der Waals surface area contributed by atoms with Gasteiger partial charge in [0.1, 0.15) is 11.9 Å². The van der Waals surface area contributed by atoms with Crippen LogP contribution < -0.4 is 10.6 Å². The summed E-state index contributed by atoms with van der Waals surface area (Å²) in [6.45, 7) is 4.65. The third kappa shape index (κ3) is 4.72. The van der Waals surface area contributed by atoms with Gasteiger partial charge in [-0.05, 0) is 56.6 Å². The highest BCUT2D eigenvalue weighted by molar-refractivity contribution is 5.89. The lowest BCUT2D eigenvalue weighted by atomic mass is 10.0. The second-order valence-corrected chi connectivity index (χ2v) is 6.93. The van der Waals surface area contributed by atoms with Crippen LogP contribution in [0, 0.1) is 5.82 Å². The van der Waals surface area contributed by atoms with Gasteiger partial charge in [0.25, 0.3) is 0 Å². The first-order valence-corrected chi connectivity index (χ1v) is 9.45. The number of hydrogen-bond acceptors (Lipinski definition) is 3. The Morgan fingerprint density at radius 1 is 1.23 bits per heavy atom. The number of nitrogens with one attached hydrogen (secondary N) is 2. The highest BCUT2D eigenvalue weighted by atomic mass is 19.1. The Morgan fingerprint density at radius 3 is 2.81 bits per heavy atom. The predicted molar refractivity (Wildman–Crippen MR) is 97.2 cm³/mol. The zero-order valence-electron chi connectivity index (χ0n) is 15.0. The van der Waals surface area contributed by atoms with Crippen LogP contribution in [0.15, 0.2) is 24.3 Å². The zero-order chi connectivity index (χ0) is 18.4. The first kappa shape index (κ1) is 18.6. The van der Waals surface area contributed by atoms with E-state index in [0.717, 1.165) is 26.1 Å². The molecule has 0 bridgehead atoms. The summed E-state index contributed by atoms with van der Waals surface area (Å²) in [5.41, 5.74) is 0.491. The summed E-state index contributed by atoms with van der Waals surface area (Å²) >= 11 is 0. The fraction of sp³-hybridized carbons (Fsp3) is 0.579. The molecule has 2 N–H and O–H groups in total. The second-order valence-electron chi connectivity index (χ2n) is 6.93. The van der Waals surface area contributed by atoms with Crippen molar-refractivity contribution < 1.29 is 14.0 Å². The normalized spacial score (nSPS) is 21.3. The molecule has 0 spiro atoms. The molecule has 26 heavy (non-hydrogen) atoms. The van der Waals surface area contributed by atoms with Crippen LogP contribution in [0.5, 0.6) is 0 Å². The number of rotatable bonds is 5. The van der Waals surface area contributed by atoms with E-state index in [2.05, 4.69) is 15.5 Å². The Kier molecular flexibility index (Phi) is 6.44. The maximum absolute atomic E-state index is 13.5. The molecular weight excluding hydrogens is 335 g/mol. The summed E-state index contributed by atoms with van der Waals surface area (Å²) in [7, 11) is 0. The number of piperidine rings is 1. The molecule has 2 fully saturated rings. The van der Waals surface area contributed by atoms with Crippen molar-refractivity contribution in [2.45, 2.75) is 31.7 Å². The number of piperazine rings is 1. The lowest BCUT2D eigenvalue weighted by Gasteiger charge is -2.35. The molecule has 142 valence electrons. The third-order valence-electron chi connectivity index (χ3n) is 5.01. The molecule has 1 atom stereocenters. The van der Waals surface area contributed by atoms with Crippen LogP contribution in [-0.2, 0) is 4.79 Å². The molecule has 2 aliphatic rings. The minimum absolute atomic E-state index is 0.271. The van der Waals surface area contributed by atoms with Gasteiger partial charge in [-0.2, -0.15) is 0 Å². The van der Waals surface area contributed by atoms with E-state index in [9.17, 15) is 14.0 Å². The van der Waals surface area contributed by atoms with Crippen molar-refractivity contribution in [1.82, 2.24) is 20.4 Å². The molecule has 3 rings (SSSR count). The van der Waals surface area contributed by atoms with Crippen LogP contribution in [-0.4, -0.2) is 61.0 Å². The average molecular weight is 362 g/mol. The predicted octanol–water partition coefficient (Wildman–Crippen LogP) is 1.88. The third-order valence-corrected chi connectivity index (χ3v) is 5.01. The minimum atomic E-state index is -0.790. The van der Waals surface area contributed by atoms with Gasteiger partial charge in [0.15, 0.2) is 0 Å². The van der Waals surface area contributed by atoms with Crippen molar-refractivity contribution in [1.29, 1.82) is 0 Å². The van der Waals surface area contributed by atoms with Gasteiger partial charge in [0.2, 0.25) is 5.91 Å². The van der Waals surface area contributed by atoms with E-state index in [1.54, 1.807) is 12.1 Å². The molecular formula is C19H27FN4O2. The lowest BCUT2D eigenvalue weighted by molar-refractivity contribution is -0.127. The van der Waals surface area contributed by atoms with Crippen LogP contribution in [0.25, 0.3) is 0 Å². The molecule has 0 radical (unpaired) electrons. The number of nitrogens with zero attached hydrogens (tertiary/aromatic N) is 2. The summed E-state index contributed by atoms with van der Waals surface area (Å²) in [4.78, 5) is 28.8. The topological polar surface area (TPSA) is 64.7 Å². The quantitative estimate of drug-likeness (QED) is 0.786. The number of carbonyl (C=O) groups excluding carboxylic acids is 2. The molecule has 0 unspecified atom stereocenters. The lowest BCUT2D eigenvalue weighted by Crippen LogP contribution is -2.55. The molecule has 2 aliphatic heterocycles. The summed E-state index contributed by atoms with van der Waals surface area (Å²) in [6.07, 6.45) is 4.71. The first-order chi connectivity index (χ1) is 12.6. The first-order valence-electron chi connectivity index (χ1n) is 9.45. The standard InChI is InChI=1S/C19H27FN4O2/c20-16-7-4-6-15(14-16)17-18(25)21-9-13-24(17)19(26)22-8-5-12-23-10-2-1-3-11-23/h4,6-7,14,17H,1-3,5,8-13H2,(H,21,25)(H,22,26)/t17-/m1/s1. The van der Waals surface area contributed by atoms with E-state index in [4.69, 9.17) is 0 Å². The molecule has 2 heterocycles. The van der Waals surface area contributed by atoms with Gasteiger partial charge in [0, 0.05) is 19.6 Å². The van der Waals surface area contributed by atoms with E-state index < -0.39 is 11.9 Å². The molecule has 7 heteroatoms. The summed E-state index contributed by atoms with van der Waals surface area (Å²) in [5.74, 6) is -0.687. The van der Waals surface area contributed by atoms with Gasteiger partial charge in [0.05, 0.1) is 0 Å². The van der Waals surface area contributed by atoms with Crippen molar-refractivity contribution in [3.8, 4) is 0 Å². The Morgan fingerprint density at radius 2 is 2.04 bits per heavy atom. The zero-order valence-corrected chi connectivity index (χ0v) is 15.0. The second kappa shape index (κ2) is 8.98. The van der Waals surface area contributed by atoms with Crippen molar-refractivity contribution in [2.24, 2.45) is 0 Å². The molecule has 0 aromatic heterocycles. The number of carbonyl (C=O) groups is 2. The van der Waals surface area contributed by atoms with Crippen LogP contribution in [0.2, 0.25) is 0 Å². The van der Waals surface area contributed by atoms with Crippen LogP contribution in [0.4, 0.5) is 9.18 Å². The maximum atomic E-state index is 13.5. The minimum Gasteiger partial charge on any atom is -0.352 e. The number of amides is 3. The molecule has 0 saturated carbocycles. The average Bonchev–Trinajstić information content (AvgIpc) is 2.65. The summed E-state index contributed by atoms with van der Waals surface area (Å²) in [6, 6.07) is 4.81. The number of benzene rings is 1. The smallest absolute Gasteiger partial charge is 0.318 e. The summed E-state index contributed by atoms with van der Waals surface area (Å²) < 4.78 is 13.5. The van der Waals surface area contributed by atoms with Gasteiger partial charge in [-0.3, -0.25) is 4.79 Å². The molecule has 2 saturated heterocycles. The molecule has 1 aromatic rings. The molecule has 0 aliphatic carbocycles. The monoisotopic (exact) mass is 362 g/mol. The van der Waals surface area contributed by atoms with E-state index in [-0.39, 0.29) is 11.9 Å². The van der Waals surface area contributed by atoms with E-state index in [1.165, 1.54) is 36.3 Å². The van der Waals surface area contributed by atoms with Crippen molar-refractivity contribution >= 4 is 11.9 Å². The fourth-order valence-corrected chi connectivity index (χ4v) is 3.68. The highest BCUT2D eigenvalue weighted by Crippen LogP contribution is 2.24. The molecule has 3 amide bonds. The van der Waals surface area contributed by atoms with E-state index in [0.29, 0.717) is 25.2 Å². The van der Waals surface area contributed by atoms with Gasteiger partial charge >= 0.3 is 6.03 Å². The van der Waals surface area contributed by atoms with Crippen LogP contribution in [0.3, 0.4) is 0 Å². The van der Waals surface area contributed by atoms with E-state index >= 15 is 0 Å². The van der Waals surface area contributed by atoms with Gasteiger partial charge in [-0.25, -0.2) is 9.18 Å². The van der Waals surface area contributed by atoms with E-state index in [1.807, 2.05) is 0 Å². The van der Waals surface area contributed by atoms with Gasteiger partial charge in [-0.1, -0.05) is 18.6 Å². The SMILES string of the molecule is O=C1NCCN(C(=O)NCCCN2CCCCC2)[C@@H]1c1cccc(F)c1. The molecule has 6 nitrogen and oxygen atoms in total. The van der Waals surface area contributed by atoms with Gasteiger partial charge < -0.3 is 20.4 Å². The largest absolute Gasteiger partial charge is 0.352 e. The molecule has 1 aromatic carbocycles. The maximum Gasteiger partial charge on any atom is 0.318 e. The van der Waals surface area contributed by atoms with Crippen LogP contribution >= 0.6 is 0 Å². The number of hydrogen-bond donors (Lipinski definition) is 2. The van der Waals surface area contributed by atoms with Crippen molar-refractivity contribution in [3.05, 3.63) is 35.6 Å². The van der Waals surface area contributed by atoms with Gasteiger partial charge in [-0.15, -0.1) is 0 Å². The Hall–Kier alpha value is -2.15. The fourth-order valence-electron chi connectivity index (χ4n) is 3.68. The van der Waals surface area contributed by atoms with Crippen LogP contribution in [0.1, 0.15) is 37.3 Å². The highest BCUT2D eigenvalue weighted by Gasteiger charge is 2.34. The van der Waals surface area contributed by atoms with Crippen molar-refractivity contribution in [2.75, 3.05) is 39.3 Å². The summed E-state index contributed by atoms with van der Waals surface area (Å²) in [5, 5.41) is 5.67. The number of urea groups is 1. The van der Waals surface area contributed by atoms with Crippen molar-refractivity contribution in [3.63, 3.8) is 0 Å².